The number of aromatic nitrogens is 1. The highest BCUT2D eigenvalue weighted by Gasteiger charge is 2.30. The van der Waals surface area contributed by atoms with Crippen LogP contribution in [0.1, 0.15) is 30.3 Å². The fourth-order valence-electron chi connectivity index (χ4n) is 2.34. The highest BCUT2D eigenvalue weighted by Crippen LogP contribution is 2.23. The van der Waals surface area contributed by atoms with Crippen molar-refractivity contribution < 1.29 is 14.6 Å². The molecule has 5 nitrogen and oxygen atoms in total. The second-order valence-corrected chi connectivity index (χ2v) is 4.60. The molecule has 5 heteroatoms. The van der Waals surface area contributed by atoms with Gasteiger partial charge < -0.3 is 14.7 Å². The molecule has 1 aliphatic heterocycles. The first kappa shape index (κ1) is 12.8. The molecule has 0 saturated carbocycles. The number of aromatic hydroxyl groups is 1. The molecule has 1 fully saturated rings. The van der Waals surface area contributed by atoms with Gasteiger partial charge in [0.2, 0.25) is 0 Å². The molecule has 1 N–H and O–H groups in total. The quantitative estimate of drug-likeness (QED) is 0.862. The van der Waals surface area contributed by atoms with Gasteiger partial charge in [0.25, 0.3) is 5.91 Å². The third-order valence-corrected chi connectivity index (χ3v) is 3.41. The van der Waals surface area contributed by atoms with Crippen LogP contribution in [0.25, 0.3) is 0 Å². The Morgan fingerprint density at radius 2 is 2.39 bits per heavy atom. The van der Waals surface area contributed by atoms with Crippen LogP contribution in [-0.2, 0) is 4.74 Å². The van der Waals surface area contributed by atoms with Gasteiger partial charge in [-0.25, -0.2) is 4.98 Å². The molecule has 18 heavy (non-hydrogen) atoms. The molecule has 1 amide bonds. The van der Waals surface area contributed by atoms with Crippen LogP contribution in [0.15, 0.2) is 18.3 Å². The lowest BCUT2D eigenvalue weighted by molar-refractivity contribution is 0.0156. The van der Waals surface area contributed by atoms with Crippen LogP contribution in [0.5, 0.6) is 5.75 Å². The fraction of sp³-hybridized carbons (Fsp3) is 0.538. The average molecular weight is 250 g/mol. The van der Waals surface area contributed by atoms with Crippen molar-refractivity contribution in [2.45, 2.75) is 31.9 Å². The summed E-state index contributed by atoms with van der Waals surface area (Å²) in [6, 6.07) is 3.18. The Kier molecular flexibility index (Phi) is 3.81. The Bertz CT molecular complexity index is 436. The van der Waals surface area contributed by atoms with Crippen molar-refractivity contribution in [3.05, 3.63) is 24.0 Å². The Morgan fingerprint density at radius 1 is 1.61 bits per heavy atom. The molecule has 0 aromatic carbocycles. The molecule has 0 aliphatic carbocycles. The summed E-state index contributed by atoms with van der Waals surface area (Å²) in [5.74, 6) is -0.279. The van der Waals surface area contributed by atoms with E-state index in [1.54, 1.807) is 18.1 Å². The van der Waals surface area contributed by atoms with Gasteiger partial charge in [0.15, 0.2) is 5.69 Å². The maximum absolute atomic E-state index is 12.3. The molecule has 0 radical (unpaired) electrons. The number of likely N-dealkylation sites (tertiary alicyclic amines) is 1. The summed E-state index contributed by atoms with van der Waals surface area (Å²) < 4.78 is 5.32. The lowest BCUT2D eigenvalue weighted by Crippen LogP contribution is -2.46. The highest BCUT2D eigenvalue weighted by molar-refractivity contribution is 5.95. The van der Waals surface area contributed by atoms with Gasteiger partial charge in [0.1, 0.15) is 5.75 Å². The molecule has 0 spiro atoms. The number of nitrogens with zero attached hydrogens (tertiary/aromatic N) is 2. The molecular weight excluding hydrogens is 232 g/mol. The van der Waals surface area contributed by atoms with Crippen LogP contribution < -0.4 is 0 Å². The van der Waals surface area contributed by atoms with Crippen molar-refractivity contribution in [1.82, 2.24) is 9.88 Å². The van der Waals surface area contributed by atoms with Crippen molar-refractivity contribution in [2.24, 2.45) is 0 Å². The summed E-state index contributed by atoms with van der Waals surface area (Å²) in [5.41, 5.74) is 0.125. The van der Waals surface area contributed by atoms with E-state index < -0.39 is 0 Å². The van der Waals surface area contributed by atoms with E-state index in [4.69, 9.17) is 4.74 Å². The van der Waals surface area contributed by atoms with Crippen molar-refractivity contribution in [3.63, 3.8) is 0 Å². The van der Waals surface area contributed by atoms with Crippen molar-refractivity contribution >= 4 is 5.91 Å². The van der Waals surface area contributed by atoms with Gasteiger partial charge in [0.05, 0.1) is 6.10 Å². The molecule has 0 bridgehead atoms. The van der Waals surface area contributed by atoms with Gasteiger partial charge >= 0.3 is 0 Å². The number of hydrogen-bond acceptors (Lipinski definition) is 4. The summed E-state index contributed by atoms with van der Waals surface area (Å²) in [7, 11) is 1.69. The van der Waals surface area contributed by atoms with Crippen LogP contribution in [0.4, 0.5) is 0 Å². The summed E-state index contributed by atoms with van der Waals surface area (Å²) in [6.45, 7) is 2.62. The molecule has 1 aromatic rings. The maximum Gasteiger partial charge on any atom is 0.276 e. The van der Waals surface area contributed by atoms with E-state index in [1.807, 2.05) is 6.92 Å². The lowest BCUT2D eigenvalue weighted by atomic mass is 10.00. The number of carbonyl (C=O) groups is 1. The molecule has 2 atom stereocenters. The van der Waals surface area contributed by atoms with Gasteiger partial charge in [-0.15, -0.1) is 0 Å². The highest BCUT2D eigenvalue weighted by atomic mass is 16.5. The molecule has 98 valence electrons. The Balaban J connectivity index is 2.13. The first-order valence-electron chi connectivity index (χ1n) is 6.11. The zero-order chi connectivity index (χ0) is 13.1. The zero-order valence-corrected chi connectivity index (χ0v) is 10.7. The topological polar surface area (TPSA) is 62.7 Å². The van der Waals surface area contributed by atoms with Crippen molar-refractivity contribution in [3.8, 4) is 5.75 Å². The van der Waals surface area contributed by atoms with Crippen LogP contribution in [0.3, 0.4) is 0 Å². The number of ether oxygens (including phenoxy) is 1. The van der Waals surface area contributed by atoms with E-state index in [1.165, 1.54) is 12.3 Å². The second kappa shape index (κ2) is 5.35. The van der Waals surface area contributed by atoms with E-state index in [2.05, 4.69) is 4.98 Å². The zero-order valence-electron chi connectivity index (χ0n) is 10.7. The third-order valence-electron chi connectivity index (χ3n) is 3.41. The van der Waals surface area contributed by atoms with Gasteiger partial charge in [-0.2, -0.15) is 0 Å². The first-order valence-corrected chi connectivity index (χ1v) is 6.11. The standard InChI is InChI=1S/C13H18N2O3/c1-9-8-10(18-2)5-7-15(9)13(17)12-11(16)4-3-6-14-12/h3-4,6,9-10,16H,5,7-8H2,1-2H3. The van der Waals surface area contributed by atoms with E-state index >= 15 is 0 Å². The summed E-state index contributed by atoms with van der Waals surface area (Å²) in [5, 5.41) is 9.66. The molecule has 1 saturated heterocycles. The summed E-state index contributed by atoms with van der Waals surface area (Å²) in [4.78, 5) is 18.0. The smallest absolute Gasteiger partial charge is 0.276 e. The van der Waals surface area contributed by atoms with Gasteiger partial charge in [-0.05, 0) is 31.9 Å². The molecule has 1 aromatic heterocycles. The van der Waals surface area contributed by atoms with E-state index in [0.29, 0.717) is 6.54 Å². The Morgan fingerprint density at radius 3 is 3.00 bits per heavy atom. The van der Waals surface area contributed by atoms with Crippen LogP contribution in [0, 0.1) is 0 Å². The van der Waals surface area contributed by atoms with Crippen molar-refractivity contribution in [2.75, 3.05) is 13.7 Å². The van der Waals surface area contributed by atoms with Crippen molar-refractivity contribution in [1.29, 1.82) is 0 Å². The average Bonchev–Trinajstić information content (AvgIpc) is 2.38. The van der Waals surface area contributed by atoms with Gasteiger partial charge in [-0.1, -0.05) is 0 Å². The monoisotopic (exact) mass is 250 g/mol. The lowest BCUT2D eigenvalue weighted by Gasteiger charge is -2.36. The van der Waals surface area contributed by atoms with Crippen LogP contribution in [0.2, 0.25) is 0 Å². The summed E-state index contributed by atoms with van der Waals surface area (Å²) in [6.07, 6.45) is 3.36. The number of piperidine rings is 1. The summed E-state index contributed by atoms with van der Waals surface area (Å²) >= 11 is 0. The molecule has 1 aliphatic rings. The fourth-order valence-corrected chi connectivity index (χ4v) is 2.34. The Hall–Kier alpha value is -1.62. The van der Waals surface area contributed by atoms with Gasteiger partial charge in [0, 0.05) is 25.9 Å². The SMILES string of the molecule is COC1CCN(C(=O)c2ncccc2O)C(C)C1. The predicted molar refractivity (Wildman–Crippen MR) is 66.4 cm³/mol. The number of carbonyl (C=O) groups excluding carboxylic acids is 1. The molecular formula is C13H18N2O3. The number of rotatable bonds is 2. The third kappa shape index (κ3) is 2.46. The van der Waals surface area contributed by atoms with E-state index in [-0.39, 0.29) is 29.5 Å². The molecule has 2 rings (SSSR count). The maximum atomic E-state index is 12.3. The number of methoxy groups -OCH3 is 1. The van der Waals surface area contributed by atoms with E-state index in [0.717, 1.165) is 12.8 Å². The number of pyridine rings is 1. The minimum atomic E-state index is -0.213. The van der Waals surface area contributed by atoms with Crippen LogP contribution in [-0.4, -0.2) is 46.7 Å². The normalized spacial score (nSPS) is 24.0. The Labute approximate surface area is 106 Å². The predicted octanol–water partition coefficient (Wildman–Crippen LogP) is 1.43. The second-order valence-electron chi connectivity index (χ2n) is 4.60. The largest absolute Gasteiger partial charge is 0.505 e. The van der Waals surface area contributed by atoms with E-state index in [9.17, 15) is 9.90 Å². The minimum absolute atomic E-state index is 0.0661. The van der Waals surface area contributed by atoms with Gasteiger partial charge in [-0.3, -0.25) is 4.79 Å². The first-order chi connectivity index (χ1) is 8.63. The minimum Gasteiger partial charge on any atom is -0.505 e. The molecule has 2 heterocycles. The van der Waals surface area contributed by atoms with Crippen LogP contribution >= 0.6 is 0 Å². The number of hydrogen-bond donors (Lipinski definition) is 1. The molecule has 2 unspecified atom stereocenters. The number of amides is 1.